The van der Waals surface area contributed by atoms with Gasteiger partial charge in [0.1, 0.15) is 12.7 Å². The zero-order chi connectivity index (χ0) is 32.5. The van der Waals surface area contributed by atoms with Crippen molar-refractivity contribution in [1.29, 1.82) is 0 Å². The lowest BCUT2D eigenvalue weighted by molar-refractivity contribution is -0.191. The number of hydrogen-bond acceptors (Lipinski definition) is 11. The average Bonchev–Trinajstić information content (AvgIpc) is 3.34. The molecule has 12 heteroatoms. The summed E-state index contributed by atoms with van der Waals surface area (Å²) in [6, 6.07) is 0. The molecular weight excluding hydrogens is 550 g/mol. The summed E-state index contributed by atoms with van der Waals surface area (Å²) in [6.07, 6.45) is -8.31. The van der Waals surface area contributed by atoms with E-state index < -0.39 is 95.4 Å². The highest BCUT2D eigenvalue weighted by Gasteiger charge is 2.63. The lowest BCUT2D eigenvalue weighted by Gasteiger charge is -2.32. The van der Waals surface area contributed by atoms with Gasteiger partial charge in [-0.1, -0.05) is 20.8 Å². The Kier molecular flexibility index (Phi) is 10.9. The first kappa shape index (κ1) is 35.5. The molecule has 0 spiro atoms. The van der Waals surface area contributed by atoms with Gasteiger partial charge in [0.2, 0.25) is 5.91 Å². The summed E-state index contributed by atoms with van der Waals surface area (Å²) >= 11 is 0. The highest BCUT2D eigenvalue weighted by molar-refractivity contribution is 5.95. The Hall–Kier alpha value is -2.73. The standard InChI is InChI=1S/C30H49NO11/c1-13-16(18(32)15(2)3)22(33)31-23-21(42-27(31)37)20(41-26(36)30(10,11)12)19(40-23)17(39-25(35)29(7,8)9)14-38-24(34)28(4,5)6/h15-21,23,32H,13-14H2,1-12H3/t16-,17+,18+,19+,20-,21+,23-/m0/s1. The van der Waals surface area contributed by atoms with Gasteiger partial charge in [-0.25, -0.2) is 9.69 Å². The summed E-state index contributed by atoms with van der Waals surface area (Å²) < 4.78 is 28.8. The number of aliphatic hydroxyl groups is 1. The van der Waals surface area contributed by atoms with Gasteiger partial charge in [0.25, 0.3) is 0 Å². The predicted octanol–water partition coefficient (Wildman–Crippen LogP) is 3.61. The number of imide groups is 1. The molecule has 0 aromatic heterocycles. The van der Waals surface area contributed by atoms with Gasteiger partial charge in [-0.3, -0.25) is 19.2 Å². The van der Waals surface area contributed by atoms with Crippen molar-refractivity contribution in [1.82, 2.24) is 4.90 Å². The normalized spacial score (nSPS) is 24.9. The molecule has 2 fully saturated rings. The Bertz CT molecular complexity index is 1030. The molecule has 1 N–H and O–H groups in total. The Labute approximate surface area is 248 Å². The minimum absolute atomic E-state index is 0.236. The van der Waals surface area contributed by atoms with E-state index in [4.69, 9.17) is 23.7 Å². The van der Waals surface area contributed by atoms with Crippen LogP contribution in [-0.4, -0.2) is 83.3 Å². The van der Waals surface area contributed by atoms with Crippen LogP contribution in [-0.2, 0) is 42.9 Å². The first-order chi connectivity index (χ1) is 19.0. The van der Waals surface area contributed by atoms with Crippen LogP contribution in [0.15, 0.2) is 0 Å². The first-order valence-electron chi connectivity index (χ1n) is 14.5. The fraction of sp³-hybridized carbons (Fsp3) is 0.833. The van der Waals surface area contributed by atoms with Gasteiger partial charge in [-0.15, -0.1) is 0 Å². The smallest absolute Gasteiger partial charge is 0.419 e. The number of fused-ring (bicyclic) bond motifs is 1. The molecule has 2 aliphatic rings. The zero-order valence-electron chi connectivity index (χ0n) is 27.0. The molecule has 12 nitrogen and oxygen atoms in total. The molecule has 2 heterocycles. The van der Waals surface area contributed by atoms with Crippen molar-refractivity contribution in [3.63, 3.8) is 0 Å². The second-order valence-electron chi connectivity index (χ2n) is 14.5. The maximum Gasteiger partial charge on any atom is 0.419 e. The van der Waals surface area contributed by atoms with E-state index in [1.54, 1.807) is 83.1 Å². The molecule has 2 saturated heterocycles. The molecule has 2 amide bonds. The minimum Gasteiger partial charge on any atom is -0.461 e. The topological polar surface area (TPSA) is 155 Å². The SMILES string of the molecule is CC[C@H](C(=O)N1C(=O)O[C@@H]2[C@@H](OC(=O)C(C)(C)C)[C@@H]([C@@H](COC(=O)C(C)(C)C)OC(=O)C(C)(C)C)O[C@@H]21)[C@H](O)C(C)C. The van der Waals surface area contributed by atoms with Crippen LogP contribution in [0.3, 0.4) is 0 Å². The van der Waals surface area contributed by atoms with Crippen LogP contribution >= 0.6 is 0 Å². The van der Waals surface area contributed by atoms with Gasteiger partial charge in [0.15, 0.2) is 24.5 Å². The molecule has 0 aromatic carbocycles. The summed E-state index contributed by atoms with van der Waals surface area (Å²) in [6.45, 7) is 19.6. The number of ether oxygens (including phenoxy) is 5. The maximum absolute atomic E-state index is 13.6. The summed E-state index contributed by atoms with van der Waals surface area (Å²) in [5, 5.41) is 10.7. The van der Waals surface area contributed by atoms with Crippen molar-refractivity contribution in [2.75, 3.05) is 6.61 Å². The van der Waals surface area contributed by atoms with Crippen LogP contribution in [0.1, 0.15) is 89.5 Å². The van der Waals surface area contributed by atoms with E-state index in [2.05, 4.69) is 0 Å². The second-order valence-corrected chi connectivity index (χ2v) is 14.5. The van der Waals surface area contributed by atoms with Gasteiger partial charge in [-0.2, -0.15) is 0 Å². The van der Waals surface area contributed by atoms with Gasteiger partial charge in [0.05, 0.1) is 28.3 Å². The summed E-state index contributed by atoms with van der Waals surface area (Å²) in [5.41, 5.74) is -2.78. The molecule has 2 rings (SSSR count). The molecule has 0 saturated carbocycles. The number of nitrogens with zero attached hydrogens (tertiary/aromatic N) is 1. The molecule has 42 heavy (non-hydrogen) atoms. The summed E-state index contributed by atoms with van der Waals surface area (Å²) in [4.78, 5) is 66.1. The number of rotatable bonds is 9. The van der Waals surface area contributed by atoms with E-state index in [0.717, 1.165) is 4.90 Å². The number of esters is 3. The molecule has 0 unspecified atom stereocenters. The molecule has 7 atom stereocenters. The fourth-order valence-electron chi connectivity index (χ4n) is 4.31. The minimum atomic E-state index is -1.35. The van der Waals surface area contributed by atoms with E-state index in [1.165, 1.54) is 0 Å². The third-order valence-corrected chi connectivity index (χ3v) is 7.09. The fourth-order valence-corrected chi connectivity index (χ4v) is 4.31. The number of aliphatic hydroxyl groups excluding tert-OH is 1. The number of hydrogen-bond donors (Lipinski definition) is 1. The Morgan fingerprint density at radius 2 is 1.43 bits per heavy atom. The van der Waals surface area contributed by atoms with Crippen LogP contribution in [0, 0.1) is 28.1 Å². The van der Waals surface area contributed by atoms with Crippen LogP contribution in [0.25, 0.3) is 0 Å². The molecule has 0 aliphatic carbocycles. The highest BCUT2D eigenvalue weighted by atomic mass is 16.7. The van der Waals surface area contributed by atoms with E-state index in [-0.39, 0.29) is 12.3 Å². The van der Waals surface area contributed by atoms with Crippen LogP contribution in [0.2, 0.25) is 0 Å². The molecule has 0 aromatic rings. The van der Waals surface area contributed by atoms with E-state index in [9.17, 15) is 29.1 Å². The summed E-state index contributed by atoms with van der Waals surface area (Å²) in [7, 11) is 0. The van der Waals surface area contributed by atoms with Crippen molar-refractivity contribution >= 4 is 29.9 Å². The van der Waals surface area contributed by atoms with E-state index in [0.29, 0.717) is 0 Å². The van der Waals surface area contributed by atoms with Crippen LogP contribution < -0.4 is 0 Å². The van der Waals surface area contributed by atoms with Gasteiger partial charge < -0.3 is 28.8 Å². The lowest BCUT2D eigenvalue weighted by Crippen LogP contribution is -2.49. The average molecular weight is 600 g/mol. The van der Waals surface area contributed by atoms with Crippen molar-refractivity contribution in [3.05, 3.63) is 0 Å². The Balaban J connectivity index is 2.54. The van der Waals surface area contributed by atoms with Crippen molar-refractivity contribution < 1.29 is 52.8 Å². The quantitative estimate of drug-likeness (QED) is 0.305. The van der Waals surface area contributed by atoms with E-state index in [1.807, 2.05) is 0 Å². The van der Waals surface area contributed by atoms with Gasteiger partial charge in [-0.05, 0) is 74.7 Å². The number of amides is 2. The molecule has 2 aliphatic heterocycles. The van der Waals surface area contributed by atoms with Crippen LogP contribution in [0.5, 0.6) is 0 Å². The third-order valence-electron chi connectivity index (χ3n) is 7.09. The van der Waals surface area contributed by atoms with Gasteiger partial charge in [0, 0.05) is 0 Å². The lowest BCUT2D eigenvalue weighted by atomic mass is 9.90. The second kappa shape index (κ2) is 12.9. The van der Waals surface area contributed by atoms with E-state index >= 15 is 0 Å². The monoisotopic (exact) mass is 599 g/mol. The number of carbonyl (C=O) groups is 5. The third kappa shape index (κ3) is 8.00. The maximum atomic E-state index is 13.6. The molecule has 0 bridgehead atoms. The highest BCUT2D eigenvalue weighted by Crippen LogP contribution is 2.39. The number of carbonyl (C=O) groups excluding carboxylic acids is 5. The van der Waals surface area contributed by atoms with Crippen LogP contribution in [0.4, 0.5) is 4.79 Å². The van der Waals surface area contributed by atoms with Crippen molar-refractivity contribution in [2.24, 2.45) is 28.1 Å². The predicted molar refractivity (Wildman–Crippen MR) is 149 cm³/mol. The molecular formula is C30H49NO11. The van der Waals surface area contributed by atoms with Gasteiger partial charge >= 0.3 is 24.0 Å². The zero-order valence-corrected chi connectivity index (χ0v) is 27.0. The Morgan fingerprint density at radius 1 is 0.905 bits per heavy atom. The summed E-state index contributed by atoms with van der Waals surface area (Å²) in [5.74, 6) is -3.78. The van der Waals surface area contributed by atoms with Crippen molar-refractivity contribution in [3.8, 4) is 0 Å². The molecule has 0 radical (unpaired) electrons. The molecule has 240 valence electrons. The first-order valence-corrected chi connectivity index (χ1v) is 14.5. The Morgan fingerprint density at radius 3 is 1.88 bits per heavy atom. The van der Waals surface area contributed by atoms with Crippen molar-refractivity contribution in [2.45, 2.75) is 126 Å². The largest absolute Gasteiger partial charge is 0.461 e.